The molecule has 8 nitrogen and oxygen atoms in total. The zero-order chi connectivity index (χ0) is 24.6. The highest BCUT2D eigenvalue weighted by molar-refractivity contribution is 5.94. The van der Waals surface area contributed by atoms with Gasteiger partial charge in [0.05, 0.1) is 13.2 Å². The van der Waals surface area contributed by atoms with Gasteiger partial charge in [0.1, 0.15) is 11.3 Å². The van der Waals surface area contributed by atoms with Crippen molar-refractivity contribution in [3.63, 3.8) is 0 Å². The maximum atomic E-state index is 11.7. The smallest absolute Gasteiger partial charge is 0.209 e. The lowest BCUT2D eigenvalue weighted by Crippen LogP contribution is -2.37. The van der Waals surface area contributed by atoms with Gasteiger partial charge >= 0.3 is 0 Å². The van der Waals surface area contributed by atoms with Crippen LogP contribution in [0, 0.1) is 0 Å². The molecule has 0 saturated carbocycles. The van der Waals surface area contributed by atoms with Crippen molar-refractivity contribution in [2.45, 2.75) is 46.6 Å². The fraction of sp³-hybridized carbons (Fsp3) is 0.519. The summed E-state index contributed by atoms with van der Waals surface area (Å²) in [7, 11) is 0. The number of nitrogens with one attached hydrogen (secondary N) is 1. The van der Waals surface area contributed by atoms with Crippen LogP contribution in [-0.4, -0.2) is 71.2 Å². The van der Waals surface area contributed by atoms with E-state index in [1.165, 1.54) is 0 Å². The van der Waals surface area contributed by atoms with E-state index in [1.54, 1.807) is 6.92 Å². The van der Waals surface area contributed by atoms with E-state index in [-0.39, 0.29) is 5.78 Å². The number of imidazole rings is 1. The minimum atomic E-state index is 0.0624. The van der Waals surface area contributed by atoms with E-state index < -0.39 is 0 Å². The highest BCUT2D eigenvalue weighted by atomic mass is 16.5. The van der Waals surface area contributed by atoms with E-state index in [0.29, 0.717) is 5.56 Å². The molecule has 1 aliphatic heterocycles. The van der Waals surface area contributed by atoms with E-state index in [4.69, 9.17) is 14.7 Å². The lowest BCUT2D eigenvalue weighted by atomic mass is 10.1. The van der Waals surface area contributed by atoms with Crippen molar-refractivity contribution in [3.8, 4) is 0 Å². The standard InChI is InChI=1S/C27H38N6O2/c1-4-13-32(14-5-2)25-12-11-24-26(30-25)33(16-6-15-31-17-19-35-20-18-31)27(29-24)28-23-9-7-22(8-10-23)21(3)34/h7-12H,4-6,13-20H2,1-3H3,(H,28,29). The molecule has 35 heavy (non-hydrogen) atoms. The topological polar surface area (TPSA) is 75.5 Å². The maximum absolute atomic E-state index is 11.7. The number of rotatable bonds is 12. The van der Waals surface area contributed by atoms with Crippen LogP contribution in [0.4, 0.5) is 17.5 Å². The van der Waals surface area contributed by atoms with Gasteiger partial charge in [0, 0.05) is 50.5 Å². The van der Waals surface area contributed by atoms with Gasteiger partial charge in [-0.1, -0.05) is 13.8 Å². The Morgan fingerprint density at radius 3 is 2.37 bits per heavy atom. The fourth-order valence-electron chi connectivity index (χ4n) is 4.55. The van der Waals surface area contributed by atoms with Gasteiger partial charge in [0.15, 0.2) is 11.4 Å². The summed E-state index contributed by atoms with van der Waals surface area (Å²) in [4.78, 5) is 26.5. The van der Waals surface area contributed by atoms with Crippen LogP contribution in [0.15, 0.2) is 36.4 Å². The first-order chi connectivity index (χ1) is 17.1. The molecular formula is C27H38N6O2. The molecule has 3 aromatic rings. The monoisotopic (exact) mass is 478 g/mol. The number of Topliss-reactive ketones (excluding diaryl/α,β-unsaturated/α-hetero) is 1. The number of carbonyl (C=O) groups is 1. The maximum Gasteiger partial charge on any atom is 0.209 e. The van der Waals surface area contributed by atoms with Gasteiger partial charge in [-0.25, -0.2) is 9.97 Å². The minimum Gasteiger partial charge on any atom is -0.379 e. The molecule has 0 bridgehead atoms. The van der Waals surface area contributed by atoms with E-state index in [9.17, 15) is 4.79 Å². The first-order valence-corrected chi connectivity index (χ1v) is 12.9. The lowest BCUT2D eigenvalue weighted by Gasteiger charge is -2.26. The number of aryl methyl sites for hydroxylation is 1. The molecule has 0 radical (unpaired) electrons. The number of ether oxygens (including phenoxy) is 1. The number of aromatic nitrogens is 3. The van der Waals surface area contributed by atoms with Crippen LogP contribution in [-0.2, 0) is 11.3 Å². The lowest BCUT2D eigenvalue weighted by molar-refractivity contribution is 0.0370. The van der Waals surface area contributed by atoms with Crippen molar-refractivity contribution in [2.75, 3.05) is 56.2 Å². The quantitative estimate of drug-likeness (QED) is 0.377. The predicted molar refractivity (Wildman–Crippen MR) is 142 cm³/mol. The second kappa shape index (κ2) is 12.1. The van der Waals surface area contributed by atoms with E-state index in [1.807, 2.05) is 24.3 Å². The van der Waals surface area contributed by atoms with Crippen molar-refractivity contribution >= 4 is 34.4 Å². The predicted octanol–water partition coefficient (Wildman–Crippen LogP) is 4.73. The number of anilines is 3. The number of hydrogen-bond donors (Lipinski definition) is 1. The molecule has 0 aliphatic carbocycles. The molecule has 1 aliphatic rings. The third kappa shape index (κ3) is 6.38. The summed E-state index contributed by atoms with van der Waals surface area (Å²) in [6.45, 7) is 13.4. The number of ketones is 1. The second-order valence-corrected chi connectivity index (χ2v) is 9.15. The highest BCUT2D eigenvalue weighted by Gasteiger charge is 2.16. The van der Waals surface area contributed by atoms with Gasteiger partial charge in [-0.2, -0.15) is 0 Å². The van der Waals surface area contributed by atoms with Crippen LogP contribution in [0.3, 0.4) is 0 Å². The molecule has 1 fully saturated rings. The summed E-state index contributed by atoms with van der Waals surface area (Å²) >= 11 is 0. The van der Waals surface area contributed by atoms with Crippen LogP contribution >= 0.6 is 0 Å². The Morgan fingerprint density at radius 2 is 1.71 bits per heavy atom. The van der Waals surface area contributed by atoms with E-state index in [0.717, 1.165) is 100 Å². The number of morpholine rings is 1. The summed E-state index contributed by atoms with van der Waals surface area (Å²) in [6.07, 6.45) is 3.17. The summed E-state index contributed by atoms with van der Waals surface area (Å²) < 4.78 is 7.69. The molecule has 4 rings (SSSR count). The van der Waals surface area contributed by atoms with Gasteiger partial charge in [-0.15, -0.1) is 0 Å². The van der Waals surface area contributed by atoms with Crippen molar-refractivity contribution < 1.29 is 9.53 Å². The Labute approximate surface area is 208 Å². The first-order valence-electron chi connectivity index (χ1n) is 12.9. The van der Waals surface area contributed by atoms with Crippen LogP contribution < -0.4 is 10.2 Å². The zero-order valence-electron chi connectivity index (χ0n) is 21.3. The molecule has 1 saturated heterocycles. The first kappa shape index (κ1) is 25.1. The van der Waals surface area contributed by atoms with E-state index in [2.05, 4.69) is 45.7 Å². The summed E-state index contributed by atoms with van der Waals surface area (Å²) in [5.74, 6) is 1.85. The summed E-state index contributed by atoms with van der Waals surface area (Å²) in [5.41, 5.74) is 3.40. The molecule has 2 aromatic heterocycles. The number of carbonyl (C=O) groups excluding carboxylic acids is 1. The van der Waals surface area contributed by atoms with Crippen molar-refractivity contribution in [3.05, 3.63) is 42.0 Å². The molecule has 0 spiro atoms. The molecule has 0 amide bonds. The van der Waals surface area contributed by atoms with Gasteiger partial charge < -0.3 is 15.0 Å². The van der Waals surface area contributed by atoms with Crippen molar-refractivity contribution in [1.82, 2.24) is 19.4 Å². The van der Waals surface area contributed by atoms with Crippen LogP contribution in [0.25, 0.3) is 11.2 Å². The number of nitrogens with zero attached hydrogens (tertiary/aromatic N) is 5. The van der Waals surface area contributed by atoms with Crippen LogP contribution in [0.5, 0.6) is 0 Å². The fourth-order valence-corrected chi connectivity index (χ4v) is 4.55. The summed E-state index contributed by atoms with van der Waals surface area (Å²) in [6, 6.07) is 11.7. The SMILES string of the molecule is CCCN(CCC)c1ccc2nc(Nc3ccc(C(C)=O)cc3)n(CCCN3CCOCC3)c2n1. The number of hydrogen-bond acceptors (Lipinski definition) is 7. The second-order valence-electron chi connectivity index (χ2n) is 9.15. The number of benzene rings is 1. The molecule has 0 atom stereocenters. The average molecular weight is 479 g/mol. The molecule has 8 heteroatoms. The third-order valence-corrected chi connectivity index (χ3v) is 6.40. The molecule has 1 N–H and O–H groups in total. The number of pyridine rings is 1. The average Bonchev–Trinajstić information content (AvgIpc) is 3.21. The Morgan fingerprint density at radius 1 is 1.00 bits per heavy atom. The largest absolute Gasteiger partial charge is 0.379 e. The van der Waals surface area contributed by atoms with Crippen molar-refractivity contribution in [2.24, 2.45) is 0 Å². The molecule has 3 heterocycles. The molecule has 1 aromatic carbocycles. The Kier molecular flexibility index (Phi) is 8.71. The molecule has 0 unspecified atom stereocenters. The van der Waals surface area contributed by atoms with Gasteiger partial charge in [0.2, 0.25) is 5.95 Å². The van der Waals surface area contributed by atoms with E-state index >= 15 is 0 Å². The Balaban J connectivity index is 1.62. The normalized spacial score (nSPS) is 14.4. The Hall–Kier alpha value is -2.97. The molecular weight excluding hydrogens is 440 g/mol. The van der Waals surface area contributed by atoms with Gasteiger partial charge in [-0.3, -0.25) is 14.3 Å². The Bertz CT molecular complexity index is 1100. The molecule has 188 valence electrons. The van der Waals surface area contributed by atoms with Gasteiger partial charge in [-0.05, 0) is 62.6 Å². The van der Waals surface area contributed by atoms with Crippen molar-refractivity contribution in [1.29, 1.82) is 0 Å². The highest BCUT2D eigenvalue weighted by Crippen LogP contribution is 2.25. The van der Waals surface area contributed by atoms with Crippen LogP contribution in [0.1, 0.15) is 50.4 Å². The number of fused-ring (bicyclic) bond motifs is 1. The van der Waals surface area contributed by atoms with Crippen LogP contribution in [0.2, 0.25) is 0 Å². The third-order valence-electron chi connectivity index (χ3n) is 6.40. The minimum absolute atomic E-state index is 0.0624. The summed E-state index contributed by atoms with van der Waals surface area (Å²) in [5, 5.41) is 3.47. The van der Waals surface area contributed by atoms with Gasteiger partial charge in [0.25, 0.3) is 0 Å². The zero-order valence-corrected chi connectivity index (χ0v) is 21.3.